The molecule has 2 amide bonds. The van der Waals surface area contributed by atoms with Gasteiger partial charge in [0.05, 0.1) is 12.8 Å². The zero-order valence-corrected chi connectivity index (χ0v) is 13.7. The van der Waals surface area contributed by atoms with Gasteiger partial charge in [-0.15, -0.1) is 11.3 Å². The lowest BCUT2D eigenvalue weighted by Crippen LogP contribution is -2.41. The molecule has 3 N–H and O–H groups in total. The van der Waals surface area contributed by atoms with E-state index >= 15 is 0 Å². The average molecular weight is 322 g/mol. The Morgan fingerprint density at radius 1 is 1.45 bits per heavy atom. The van der Waals surface area contributed by atoms with E-state index in [-0.39, 0.29) is 12.1 Å². The molecule has 0 radical (unpaired) electrons. The molecule has 0 aliphatic heterocycles. The van der Waals surface area contributed by atoms with Gasteiger partial charge < -0.3 is 20.2 Å². The summed E-state index contributed by atoms with van der Waals surface area (Å²) in [6.07, 6.45) is 2.18. The van der Waals surface area contributed by atoms with Gasteiger partial charge in [-0.3, -0.25) is 0 Å². The highest BCUT2D eigenvalue weighted by Gasteiger charge is 2.16. The van der Waals surface area contributed by atoms with Gasteiger partial charge in [-0.2, -0.15) is 0 Å². The van der Waals surface area contributed by atoms with E-state index < -0.39 is 6.10 Å². The number of furan rings is 1. The SMILES string of the molecule is CCc1ccsc1CNC(=O)N[C@H](C)C[C@@H](O)c1ccco1. The van der Waals surface area contributed by atoms with Gasteiger partial charge in [-0.25, -0.2) is 4.79 Å². The standard InChI is InChI=1S/C16H22N2O3S/c1-3-12-6-8-22-15(12)10-17-16(20)18-11(2)9-13(19)14-5-4-7-21-14/h4-8,11,13,19H,3,9-10H2,1-2H3,(H2,17,18,20)/t11-,13-/m1/s1. The first-order valence-corrected chi connectivity index (χ1v) is 8.29. The predicted octanol–water partition coefficient (Wildman–Crippen LogP) is 3.21. The Labute approximate surface area is 134 Å². The van der Waals surface area contributed by atoms with Crippen molar-refractivity contribution < 1.29 is 14.3 Å². The maximum Gasteiger partial charge on any atom is 0.315 e. The number of nitrogens with one attached hydrogen (secondary N) is 2. The van der Waals surface area contributed by atoms with Crippen molar-refractivity contribution in [3.63, 3.8) is 0 Å². The van der Waals surface area contributed by atoms with Crippen molar-refractivity contribution in [2.24, 2.45) is 0 Å². The molecule has 2 aromatic heterocycles. The summed E-state index contributed by atoms with van der Waals surface area (Å²) in [4.78, 5) is 13.1. The Balaban J connectivity index is 1.74. The molecule has 0 bridgehead atoms. The third-order valence-corrected chi connectivity index (χ3v) is 4.42. The van der Waals surface area contributed by atoms with E-state index in [0.29, 0.717) is 18.7 Å². The zero-order valence-electron chi connectivity index (χ0n) is 12.8. The number of rotatable bonds is 7. The fourth-order valence-electron chi connectivity index (χ4n) is 2.26. The van der Waals surface area contributed by atoms with Crippen molar-refractivity contribution in [2.75, 3.05) is 0 Å². The molecule has 0 spiro atoms. The van der Waals surface area contributed by atoms with Crippen LogP contribution in [0.1, 0.15) is 42.6 Å². The van der Waals surface area contributed by atoms with Gasteiger partial charge in [0.25, 0.3) is 0 Å². The smallest absolute Gasteiger partial charge is 0.315 e. The molecule has 0 unspecified atom stereocenters. The van der Waals surface area contributed by atoms with Gasteiger partial charge in [-0.05, 0) is 42.5 Å². The molecule has 6 heteroatoms. The second-order valence-corrected chi connectivity index (χ2v) is 6.22. The minimum Gasteiger partial charge on any atom is -0.467 e. The quantitative estimate of drug-likeness (QED) is 0.733. The molecule has 0 aromatic carbocycles. The van der Waals surface area contributed by atoms with E-state index in [4.69, 9.17) is 4.42 Å². The molecule has 2 atom stereocenters. The zero-order chi connectivity index (χ0) is 15.9. The van der Waals surface area contributed by atoms with Crippen LogP contribution in [0.4, 0.5) is 4.79 Å². The molecule has 2 heterocycles. The Hall–Kier alpha value is -1.79. The van der Waals surface area contributed by atoms with Crippen molar-refractivity contribution in [1.82, 2.24) is 10.6 Å². The molecule has 0 aliphatic carbocycles. The third kappa shape index (κ3) is 4.61. The number of urea groups is 1. The summed E-state index contributed by atoms with van der Waals surface area (Å²) in [5.74, 6) is 0.514. The maximum absolute atomic E-state index is 11.9. The van der Waals surface area contributed by atoms with Crippen molar-refractivity contribution >= 4 is 17.4 Å². The molecule has 120 valence electrons. The molecule has 2 rings (SSSR count). The summed E-state index contributed by atoms with van der Waals surface area (Å²) < 4.78 is 5.15. The van der Waals surface area contributed by atoms with Gasteiger partial charge in [-0.1, -0.05) is 6.92 Å². The molecule has 0 saturated heterocycles. The van der Waals surface area contributed by atoms with Crippen LogP contribution in [0, 0.1) is 0 Å². The summed E-state index contributed by atoms with van der Waals surface area (Å²) >= 11 is 1.65. The lowest BCUT2D eigenvalue weighted by Gasteiger charge is -2.17. The van der Waals surface area contributed by atoms with Gasteiger partial charge in [0.15, 0.2) is 0 Å². The van der Waals surface area contributed by atoms with Crippen molar-refractivity contribution in [3.05, 3.63) is 46.0 Å². The lowest BCUT2D eigenvalue weighted by molar-refractivity contribution is 0.129. The second-order valence-electron chi connectivity index (χ2n) is 5.22. The van der Waals surface area contributed by atoms with Crippen LogP contribution in [0.2, 0.25) is 0 Å². The van der Waals surface area contributed by atoms with Crippen LogP contribution in [0.3, 0.4) is 0 Å². The summed E-state index contributed by atoms with van der Waals surface area (Å²) in [6.45, 7) is 4.48. The highest BCUT2D eigenvalue weighted by molar-refractivity contribution is 7.10. The molecule has 0 aliphatic rings. The summed E-state index contributed by atoms with van der Waals surface area (Å²) in [6, 6.07) is 5.15. The molecular weight excluding hydrogens is 300 g/mol. The van der Waals surface area contributed by atoms with Crippen molar-refractivity contribution in [2.45, 2.75) is 45.4 Å². The van der Waals surface area contributed by atoms with Gasteiger partial charge in [0.2, 0.25) is 0 Å². The first kappa shape index (κ1) is 16.6. The predicted molar refractivity (Wildman–Crippen MR) is 86.8 cm³/mol. The first-order chi connectivity index (χ1) is 10.6. The summed E-state index contributed by atoms with van der Waals surface area (Å²) in [5, 5.41) is 17.7. The lowest BCUT2D eigenvalue weighted by atomic mass is 10.1. The third-order valence-electron chi connectivity index (χ3n) is 3.45. The monoisotopic (exact) mass is 322 g/mol. The van der Waals surface area contributed by atoms with Gasteiger partial charge >= 0.3 is 6.03 Å². The number of aryl methyl sites for hydroxylation is 1. The van der Waals surface area contributed by atoms with Gasteiger partial charge in [0, 0.05) is 17.3 Å². The van der Waals surface area contributed by atoms with Crippen LogP contribution >= 0.6 is 11.3 Å². The van der Waals surface area contributed by atoms with E-state index in [1.54, 1.807) is 23.5 Å². The Morgan fingerprint density at radius 3 is 2.95 bits per heavy atom. The fourth-order valence-corrected chi connectivity index (χ4v) is 3.18. The maximum atomic E-state index is 11.9. The molecule has 22 heavy (non-hydrogen) atoms. The number of hydrogen-bond donors (Lipinski definition) is 3. The minimum absolute atomic E-state index is 0.158. The number of carbonyl (C=O) groups is 1. The van der Waals surface area contributed by atoms with E-state index in [9.17, 15) is 9.90 Å². The highest BCUT2D eigenvalue weighted by atomic mass is 32.1. The summed E-state index contributed by atoms with van der Waals surface area (Å²) in [7, 11) is 0. The van der Waals surface area contributed by atoms with E-state index in [1.165, 1.54) is 16.7 Å². The number of aliphatic hydroxyl groups excluding tert-OH is 1. The molecule has 5 nitrogen and oxygen atoms in total. The molecular formula is C16H22N2O3S. The molecule has 0 saturated carbocycles. The second kappa shape index (κ2) is 8.00. The Kier molecular flexibility index (Phi) is 6.03. The van der Waals surface area contributed by atoms with E-state index in [0.717, 1.165) is 6.42 Å². The number of carbonyl (C=O) groups excluding carboxylic acids is 1. The highest BCUT2D eigenvalue weighted by Crippen LogP contribution is 2.19. The first-order valence-electron chi connectivity index (χ1n) is 7.41. The van der Waals surface area contributed by atoms with Crippen LogP contribution in [0.15, 0.2) is 34.3 Å². The Bertz CT molecular complexity index is 580. The normalized spacial score (nSPS) is 13.6. The fraction of sp³-hybridized carbons (Fsp3) is 0.438. The largest absolute Gasteiger partial charge is 0.467 e. The van der Waals surface area contributed by atoms with E-state index in [1.807, 2.05) is 12.3 Å². The van der Waals surface area contributed by atoms with Crippen LogP contribution in [-0.2, 0) is 13.0 Å². The number of thiophene rings is 1. The van der Waals surface area contributed by atoms with Crippen molar-refractivity contribution in [3.8, 4) is 0 Å². The Morgan fingerprint density at radius 2 is 2.27 bits per heavy atom. The number of amides is 2. The van der Waals surface area contributed by atoms with Crippen LogP contribution in [0.5, 0.6) is 0 Å². The van der Waals surface area contributed by atoms with E-state index in [2.05, 4.69) is 23.6 Å². The number of aliphatic hydroxyl groups is 1. The van der Waals surface area contributed by atoms with Crippen molar-refractivity contribution in [1.29, 1.82) is 0 Å². The van der Waals surface area contributed by atoms with Gasteiger partial charge in [0.1, 0.15) is 11.9 Å². The minimum atomic E-state index is -0.714. The van der Waals surface area contributed by atoms with Crippen LogP contribution in [-0.4, -0.2) is 17.2 Å². The topological polar surface area (TPSA) is 74.5 Å². The molecule has 0 fully saturated rings. The summed E-state index contributed by atoms with van der Waals surface area (Å²) in [5.41, 5.74) is 1.27. The average Bonchev–Trinajstić information content (AvgIpc) is 3.15. The molecule has 2 aromatic rings. The van der Waals surface area contributed by atoms with Crippen LogP contribution in [0.25, 0.3) is 0 Å². The number of hydrogen-bond acceptors (Lipinski definition) is 4. The van der Waals surface area contributed by atoms with Crippen LogP contribution < -0.4 is 10.6 Å².